The average Bonchev–Trinajstić information content (AvgIpc) is 2.70. The van der Waals surface area contributed by atoms with Crippen molar-refractivity contribution in [1.29, 1.82) is 5.26 Å². The van der Waals surface area contributed by atoms with Gasteiger partial charge in [-0.1, -0.05) is 31.4 Å². The third-order valence-electron chi connectivity index (χ3n) is 4.55. The molecule has 1 saturated carbocycles. The van der Waals surface area contributed by atoms with Crippen LogP contribution < -0.4 is 10.1 Å². The maximum atomic E-state index is 12.1. The third-order valence-corrected chi connectivity index (χ3v) is 4.55. The van der Waals surface area contributed by atoms with Gasteiger partial charge in [0, 0.05) is 12.6 Å². The van der Waals surface area contributed by atoms with E-state index in [9.17, 15) is 9.59 Å². The number of amides is 1. The van der Waals surface area contributed by atoms with Crippen LogP contribution in [0.15, 0.2) is 30.3 Å². The minimum Gasteiger partial charge on any atom is -0.479 e. The molecule has 0 bridgehead atoms. The minimum atomic E-state index is -0.826. The molecular formula is C21H26N2O4. The number of ether oxygens (including phenoxy) is 2. The predicted molar refractivity (Wildman–Crippen MR) is 102 cm³/mol. The number of carbonyl (C=O) groups is 2. The first-order chi connectivity index (χ1) is 13.1. The molecule has 0 radical (unpaired) electrons. The fourth-order valence-corrected chi connectivity index (χ4v) is 3.00. The van der Waals surface area contributed by atoms with Gasteiger partial charge in [-0.2, -0.15) is 5.26 Å². The second-order valence-electron chi connectivity index (χ2n) is 6.68. The molecule has 144 valence electrons. The van der Waals surface area contributed by atoms with E-state index in [0.29, 0.717) is 18.2 Å². The van der Waals surface area contributed by atoms with E-state index >= 15 is 0 Å². The van der Waals surface area contributed by atoms with Gasteiger partial charge >= 0.3 is 5.97 Å². The van der Waals surface area contributed by atoms with Crippen LogP contribution in [0, 0.1) is 17.2 Å². The van der Waals surface area contributed by atoms with Gasteiger partial charge in [0.15, 0.2) is 12.7 Å². The van der Waals surface area contributed by atoms with E-state index in [-0.39, 0.29) is 12.5 Å². The number of hydrogen-bond donors (Lipinski definition) is 1. The van der Waals surface area contributed by atoms with E-state index in [2.05, 4.69) is 5.32 Å². The van der Waals surface area contributed by atoms with Crippen molar-refractivity contribution in [3.63, 3.8) is 0 Å². The van der Waals surface area contributed by atoms with Crippen LogP contribution in [0.4, 0.5) is 0 Å². The molecule has 1 atom stereocenters. The van der Waals surface area contributed by atoms with Gasteiger partial charge in [0.1, 0.15) is 11.8 Å². The minimum absolute atomic E-state index is 0.0117. The molecule has 1 amide bonds. The Hall–Kier alpha value is -2.81. The maximum absolute atomic E-state index is 12.1. The van der Waals surface area contributed by atoms with E-state index in [1.54, 1.807) is 37.3 Å². The first kappa shape index (κ1) is 20.5. The molecule has 1 aromatic rings. The molecule has 1 aliphatic rings. The highest BCUT2D eigenvalue weighted by atomic mass is 16.5. The van der Waals surface area contributed by atoms with Gasteiger partial charge in [-0.3, -0.25) is 4.79 Å². The fourth-order valence-electron chi connectivity index (χ4n) is 3.00. The molecule has 1 N–H and O–H groups in total. The van der Waals surface area contributed by atoms with Gasteiger partial charge in [0.25, 0.3) is 5.91 Å². The molecule has 0 spiro atoms. The van der Waals surface area contributed by atoms with E-state index in [1.165, 1.54) is 25.3 Å². The fraction of sp³-hybridized carbons (Fsp3) is 0.476. The monoisotopic (exact) mass is 370 g/mol. The second-order valence-corrected chi connectivity index (χ2v) is 6.68. The van der Waals surface area contributed by atoms with Crippen LogP contribution in [-0.4, -0.2) is 31.1 Å². The highest BCUT2D eigenvalue weighted by Crippen LogP contribution is 2.22. The molecular weight excluding hydrogens is 344 g/mol. The number of nitrogens with zero attached hydrogens (tertiary/aromatic N) is 1. The molecule has 1 aromatic carbocycles. The number of nitriles is 1. The molecule has 0 unspecified atom stereocenters. The van der Waals surface area contributed by atoms with Crippen LogP contribution >= 0.6 is 0 Å². The number of carbonyl (C=O) groups excluding carboxylic acids is 2. The number of rotatable bonds is 8. The molecule has 6 heteroatoms. The van der Waals surface area contributed by atoms with Gasteiger partial charge in [-0.05, 0) is 49.5 Å². The Bertz CT molecular complexity index is 685. The van der Waals surface area contributed by atoms with Crippen LogP contribution in [-0.2, 0) is 14.3 Å². The molecule has 1 aliphatic carbocycles. The Kier molecular flexibility index (Phi) is 8.37. The summed E-state index contributed by atoms with van der Waals surface area (Å²) in [5.74, 6) is 0.284. The number of esters is 1. The van der Waals surface area contributed by atoms with Crippen LogP contribution in [0.3, 0.4) is 0 Å². The molecule has 0 aromatic heterocycles. The Labute approximate surface area is 160 Å². The summed E-state index contributed by atoms with van der Waals surface area (Å²) in [6.07, 6.45) is 8.09. The Morgan fingerprint density at radius 2 is 1.96 bits per heavy atom. The molecule has 27 heavy (non-hydrogen) atoms. The summed E-state index contributed by atoms with van der Waals surface area (Å²) < 4.78 is 10.3. The van der Waals surface area contributed by atoms with Gasteiger partial charge in [0.05, 0.1) is 0 Å². The van der Waals surface area contributed by atoms with E-state index in [4.69, 9.17) is 14.7 Å². The zero-order chi connectivity index (χ0) is 19.5. The van der Waals surface area contributed by atoms with Gasteiger partial charge < -0.3 is 14.8 Å². The van der Waals surface area contributed by atoms with Crippen LogP contribution in [0.1, 0.15) is 44.6 Å². The summed E-state index contributed by atoms with van der Waals surface area (Å²) in [5.41, 5.74) is 0.783. The number of nitrogens with one attached hydrogen (secondary N) is 1. The third kappa shape index (κ3) is 7.53. The van der Waals surface area contributed by atoms with Crippen LogP contribution in [0.2, 0.25) is 0 Å². The molecule has 0 heterocycles. The summed E-state index contributed by atoms with van der Waals surface area (Å²) >= 11 is 0. The normalized spacial score (nSPS) is 15.7. The predicted octanol–water partition coefficient (Wildman–Crippen LogP) is 3.23. The average molecular weight is 370 g/mol. The second kappa shape index (κ2) is 11.0. The van der Waals surface area contributed by atoms with Crippen molar-refractivity contribution in [2.24, 2.45) is 5.92 Å². The summed E-state index contributed by atoms with van der Waals surface area (Å²) in [6.45, 7) is 2.21. The molecule has 1 fully saturated rings. The number of hydrogen-bond acceptors (Lipinski definition) is 5. The van der Waals surface area contributed by atoms with E-state index < -0.39 is 12.1 Å². The Balaban J connectivity index is 1.73. The van der Waals surface area contributed by atoms with Gasteiger partial charge in [-0.25, -0.2) is 4.79 Å². The zero-order valence-electron chi connectivity index (χ0n) is 15.6. The van der Waals surface area contributed by atoms with Gasteiger partial charge in [0.2, 0.25) is 0 Å². The zero-order valence-corrected chi connectivity index (χ0v) is 15.6. The lowest BCUT2D eigenvalue weighted by atomic mass is 9.89. The smallest absolute Gasteiger partial charge is 0.331 e. The van der Waals surface area contributed by atoms with Crippen molar-refractivity contribution < 1.29 is 19.1 Å². The van der Waals surface area contributed by atoms with Gasteiger partial charge in [-0.15, -0.1) is 0 Å². The first-order valence-corrected chi connectivity index (χ1v) is 9.34. The van der Waals surface area contributed by atoms with Crippen LogP contribution in [0.25, 0.3) is 6.08 Å². The maximum Gasteiger partial charge on any atom is 0.331 e. The molecule has 0 aliphatic heterocycles. The topological polar surface area (TPSA) is 88.4 Å². The van der Waals surface area contributed by atoms with Crippen molar-refractivity contribution in [1.82, 2.24) is 5.32 Å². The Morgan fingerprint density at radius 3 is 2.63 bits per heavy atom. The highest BCUT2D eigenvalue weighted by Gasteiger charge is 2.19. The van der Waals surface area contributed by atoms with E-state index in [1.807, 2.05) is 6.07 Å². The SMILES string of the molecule is C[C@@H](OC(=O)/C=C\c1ccc(OCC#N)cc1)C(=O)NCC1CCCCC1. The molecule has 2 rings (SSSR count). The van der Waals surface area contributed by atoms with Crippen LogP contribution in [0.5, 0.6) is 5.75 Å². The highest BCUT2D eigenvalue weighted by molar-refractivity contribution is 5.90. The Morgan fingerprint density at radius 1 is 1.26 bits per heavy atom. The van der Waals surface area contributed by atoms with E-state index in [0.717, 1.165) is 18.4 Å². The number of benzene rings is 1. The van der Waals surface area contributed by atoms with Crippen molar-refractivity contribution >= 4 is 18.0 Å². The lowest BCUT2D eigenvalue weighted by molar-refractivity contribution is -0.150. The lowest BCUT2D eigenvalue weighted by Gasteiger charge is -2.22. The summed E-state index contributed by atoms with van der Waals surface area (Å²) in [5, 5.41) is 11.3. The summed E-state index contributed by atoms with van der Waals surface area (Å²) in [7, 11) is 0. The first-order valence-electron chi connectivity index (χ1n) is 9.34. The molecule has 6 nitrogen and oxygen atoms in total. The van der Waals surface area contributed by atoms with Crippen molar-refractivity contribution in [3.05, 3.63) is 35.9 Å². The van der Waals surface area contributed by atoms with Crippen molar-refractivity contribution in [2.45, 2.75) is 45.1 Å². The quantitative estimate of drug-likeness (QED) is 0.561. The largest absolute Gasteiger partial charge is 0.479 e. The summed E-state index contributed by atoms with van der Waals surface area (Å²) in [4.78, 5) is 24.0. The standard InChI is InChI=1S/C21H26N2O4/c1-16(21(25)23-15-18-5-3-2-4-6-18)27-20(24)12-9-17-7-10-19(11-8-17)26-14-13-22/h7-12,16,18H,2-6,14-15H2,1H3,(H,23,25)/b12-9-/t16-/m1/s1. The summed E-state index contributed by atoms with van der Waals surface area (Å²) in [6, 6.07) is 8.84. The lowest BCUT2D eigenvalue weighted by Crippen LogP contribution is -2.38. The molecule has 0 saturated heterocycles. The van der Waals surface area contributed by atoms with Crippen molar-refractivity contribution in [3.8, 4) is 11.8 Å². The van der Waals surface area contributed by atoms with Crippen molar-refractivity contribution in [2.75, 3.05) is 13.2 Å².